The molecule has 1 fully saturated rings. The minimum absolute atomic E-state index is 0.204. The molecule has 3 heteroatoms. The van der Waals surface area contributed by atoms with Crippen molar-refractivity contribution in [2.75, 3.05) is 13.1 Å². The van der Waals surface area contributed by atoms with Crippen molar-refractivity contribution in [3.05, 3.63) is 48.2 Å². The standard InChI is InChI=1S/C19H25NO2/c21-19(20-13-11-17-12-14-22-18(17)15-20)10-6-2-5-9-16-7-3-1-4-8-16/h1,3-4,7-8,12,14,17-18H,2,5-6,9-11,13,15H2. The molecule has 2 heterocycles. The summed E-state index contributed by atoms with van der Waals surface area (Å²) in [7, 11) is 0. The lowest BCUT2D eigenvalue weighted by molar-refractivity contribution is -0.134. The molecule has 0 aliphatic carbocycles. The van der Waals surface area contributed by atoms with Gasteiger partial charge in [0.2, 0.25) is 5.91 Å². The molecule has 0 spiro atoms. The molecule has 0 saturated carbocycles. The van der Waals surface area contributed by atoms with Gasteiger partial charge in [-0.15, -0.1) is 0 Å². The third-order valence-electron chi connectivity index (χ3n) is 4.74. The molecule has 22 heavy (non-hydrogen) atoms. The molecule has 0 bridgehead atoms. The lowest BCUT2D eigenvalue weighted by atomic mass is 9.95. The molecule has 0 radical (unpaired) electrons. The normalized spacial score (nSPS) is 23.2. The SMILES string of the molecule is O=C(CCCCCc1ccccc1)N1CCC2C=COC2C1. The molecular formula is C19H25NO2. The molecule has 2 aliphatic rings. The van der Waals surface area contributed by atoms with Gasteiger partial charge in [-0.25, -0.2) is 0 Å². The highest BCUT2D eigenvalue weighted by atomic mass is 16.5. The molecular weight excluding hydrogens is 274 g/mol. The smallest absolute Gasteiger partial charge is 0.222 e. The average molecular weight is 299 g/mol. The summed E-state index contributed by atoms with van der Waals surface area (Å²) in [4.78, 5) is 14.3. The Balaban J connectivity index is 1.31. The van der Waals surface area contributed by atoms with E-state index in [0.29, 0.717) is 18.2 Å². The average Bonchev–Trinajstić information content (AvgIpc) is 3.03. The highest BCUT2D eigenvalue weighted by Crippen LogP contribution is 2.27. The number of nitrogens with zero attached hydrogens (tertiary/aromatic N) is 1. The van der Waals surface area contributed by atoms with Gasteiger partial charge in [-0.1, -0.05) is 36.8 Å². The molecule has 1 amide bonds. The summed E-state index contributed by atoms with van der Waals surface area (Å²) in [6.07, 6.45) is 10.3. The Bertz CT molecular complexity index is 511. The molecule has 2 atom stereocenters. The highest BCUT2D eigenvalue weighted by Gasteiger charge is 2.33. The topological polar surface area (TPSA) is 29.5 Å². The van der Waals surface area contributed by atoms with Gasteiger partial charge >= 0.3 is 0 Å². The van der Waals surface area contributed by atoms with Gasteiger partial charge in [0.1, 0.15) is 6.10 Å². The van der Waals surface area contributed by atoms with Gasteiger partial charge in [-0.2, -0.15) is 0 Å². The second-order valence-electron chi connectivity index (χ2n) is 6.34. The van der Waals surface area contributed by atoms with E-state index < -0.39 is 0 Å². The Morgan fingerprint density at radius 1 is 1.18 bits per heavy atom. The first-order valence-electron chi connectivity index (χ1n) is 8.47. The van der Waals surface area contributed by atoms with Gasteiger partial charge in [0, 0.05) is 18.9 Å². The van der Waals surface area contributed by atoms with Gasteiger partial charge in [-0.05, 0) is 37.3 Å². The Morgan fingerprint density at radius 3 is 2.91 bits per heavy atom. The van der Waals surface area contributed by atoms with Crippen molar-refractivity contribution in [2.45, 2.75) is 44.6 Å². The van der Waals surface area contributed by atoms with Crippen LogP contribution in [0.25, 0.3) is 0 Å². The first-order chi connectivity index (χ1) is 10.8. The Morgan fingerprint density at radius 2 is 2.05 bits per heavy atom. The lowest BCUT2D eigenvalue weighted by Gasteiger charge is -2.34. The van der Waals surface area contributed by atoms with Crippen molar-refractivity contribution in [3.8, 4) is 0 Å². The summed E-state index contributed by atoms with van der Waals surface area (Å²) in [5.41, 5.74) is 1.39. The first-order valence-corrected chi connectivity index (χ1v) is 8.47. The van der Waals surface area contributed by atoms with Crippen LogP contribution in [0.15, 0.2) is 42.7 Å². The van der Waals surface area contributed by atoms with Crippen LogP contribution in [0, 0.1) is 5.92 Å². The predicted molar refractivity (Wildman–Crippen MR) is 87.3 cm³/mol. The molecule has 1 saturated heterocycles. The van der Waals surface area contributed by atoms with E-state index in [4.69, 9.17) is 4.74 Å². The van der Waals surface area contributed by atoms with Crippen LogP contribution in [0.4, 0.5) is 0 Å². The van der Waals surface area contributed by atoms with E-state index in [-0.39, 0.29) is 6.10 Å². The fourth-order valence-electron chi connectivity index (χ4n) is 3.36. The largest absolute Gasteiger partial charge is 0.496 e. The number of carbonyl (C=O) groups excluding carboxylic acids is 1. The number of likely N-dealkylation sites (tertiary alicyclic amines) is 1. The molecule has 0 N–H and O–H groups in total. The Labute approximate surface area is 133 Å². The van der Waals surface area contributed by atoms with Gasteiger partial charge in [0.25, 0.3) is 0 Å². The zero-order valence-corrected chi connectivity index (χ0v) is 13.1. The van der Waals surface area contributed by atoms with Crippen molar-refractivity contribution in [1.29, 1.82) is 0 Å². The van der Waals surface area contributed by atoms with Crippen molar-refractivity contribution < 1.29 is 9.53 Å². The van der Waals surface area contributed by atoms with E-state index in [1.165, 1.54) is 5.56 Å². The van der Waals surface area contributed by atoms with Crippen LogP contribution >= 0.6 is 0 Å². The van der Waals surface area contributed by atoms with Gasteiger partial charge in [0.05, 0.1) is 12.8 Å². The van der Waals surface area contributed by atoms with Gasteiger partial charge < -0.3 is 9.64 Å². The summed E-state index contributed by atoms with van der Waals surface area (Å²) in [6.45, 7) is 1.65. The summed E-state index contributed by atoms with van der Waals surface area (Å²) in [5, 5.41) is 0. The number of amides is 1. The highest BCUT2D eigenvalue weighted by molar-refractivity contribution is 5.76. The number of unbranched alkanes of at least 4 members (excludes halogenated alkanes) is 2. The third kappa shape index (κ3) is 3.90. The number of hydrogen-bond acceptors (Lipinski definition) is 2. The van der Waals surface area contributed by atoms with Crippen molar-refractivity contribution >= 4 is 5.91 Å². The monoisotopic (exact) mass is 299 g/mol. The second kappa shape index (κ2) is 7.48. The predicted octanol–water partition coefficient (Wildman–Crippen LogP) is 3.55. The Kier molecular flexibility index (Phi) is 5.15. The summed E-state index contributed by atoms with van der Waals surface area (Å²) in [5.74, 6) is 0.823. The van der Waals surface area contributed by atoms with Crippen molar-refractivity contribution in [2.24, 2.45) is 5.92 Å². The fourth-order valence-corrected chi connectivity index (χ4v) is 3.36. The molecule has 118 valence electrons. The van der Waals surface area contributed by atoms with E-state index in [2.05, 4.69) is 36.4 Å². The number of aryl methyl sites for hydroxylation is 1. The third-order valence-corrected chi connectivity index (χ3v) is 4.74. The summed E-state index contributed by atoms with van der Waals surface area (Å²) < 4.78 is 5.55. The first kappa shape index (κ1) is 15.1. The number of hydrogen-bond donors (Lipinski definition) is 0. The minimum atomic E-state index is 0.204. The number of rotatable bonds is 6. The molecule has 3 rings (SSSR count). The van der Waals surface area contributed by atoms with Crippen LogP contribution in [-0.4, -0.2) is 30.0 Å². The quantitative estimate of drug-likeness (QED) is 0.752. The van der Waals surface area contributed by atoms with Crippen molar-refractivity contribution in [1.82, 2.24) is 4.90 Å². The zero-order valence-electron chi connectivity index (χ0n) is 13.1. The van der Waals surface area contributed by atoms with Crippen LogP contribution in [-0.2, 0) is 16.0 Å². The van der Waals surface area contributed by atoms with Crippen molar-refractivity contribution in [3.63, 3.8) is 0 Å². The molecule has 1 aromatic rings. The van der Waals surface area contributed by atoms with E-state index >= 15 is 0 Å². The number of ether oxygens (including phenoxy) is 1. The molecule has 2 unspecified atom stereocenters. The maximum atomic E-state index is 12.3. The maximum absolute atomic E-state index is 12.3. The summed E-state index contributed by atoms with van der Waals surface area (Å²) in [6, 6.07) is 10.6. The van der Waals surface area contributed by atoms with E-state index in [0.717, 1.165) is 45.2 Å². The fraction of sp³-hybridized carbons (Fsp3) is 0.526. The maximum Gasteiger partial charge on any atom is 0.222 e. The zero-order chi connectivity index (χ0) is 15.2. The number of benzene rings is 1. The summed E-state index contributed by atoms with van der Waals surface area (Å²) >= 11 is 0. The molecule has 3 nitrogen and oxygen atoms in total. The second-order valence-corrected chi connectivity index (χ2v) is 6.34. The molecule has 1 aromatic carbocycles. The number of piperidine rings is 1. The number of fused-ring (bicyclic) bond motifs is 1. The number of carbonyl (C=O) groups is 1. The van der Waals surface area contributed by atoms with E-state index in [9.17, 15) is 4.79 Å². The van der Waals surface area contributed by atoms with Crippen LogP contribution in [0.2, 0.25) is 0 Å². The van der Waals surface area contributed by atoms with Gasteiger partial charge in [-0.3, -0.25) is 4.79 Å². The van der Waals surface area contributed by atoms with Crippen LogP contribution in [0.1, 0.15) is 37.7 Å². The van der Waals surface area contributed by atoms with E-state index in [1.54, 1.807) is 6.26 Å². The van der Waals surface area contributed by atoms with Crippen LogP contribution < -0.4 is 0 Å². The lowest BCUT2D eigenvalue weighted by Crippen LogP contribution is -2.45. The van der Waals surface area contributed by atoms with E-state index in [1.807, 2.05) is 4.90 Å². The van der Waals surface area contributed by atoms with Gasteiger partial charge in [0.15, 0.2) is 0 Å². The Hall–Kier alpha value is -1.77. The molecule has 0 aromatic heterocycles. The van der Waals surface area contributed by atoms with Crippen LogP contribution in [0.3, 0.4) is 0 Å². The molecule has 2 aliphatic heterocycles. The minimum Gasteiger partial charge on any atom is -0.496 e. The van der Waals surface area contributed by atoms with Crippen LogP contribution in [0.5, 0.6) is 0 Å².